The number of benzene rings is 1. The van der Waals surface area contributed by atoms with Crippen LogP contribution in [0.15, 0.2) is 29.3 Å². The Hall–Kier alpha value is -2.81. The first kappa shape index (κ1) is 21.9. The zero-order valence-electron chi connectivity index (χ0n) is 17.0. The van der Waals surface area contributed by atoms with E-state index in [0.717, 1.165) is 0 Å². The molecule has 0 aliphatic carbocycles. The number of hydrogen-bond donors (Lipinski definition) is 1. The van der Waals surface area contributed by atoms with Gasteiger partial charge < -0.3 is 19.3 Å². The standard InChI is InChI=1S/C20H25ClN4O5/c1-3-29-18(27)15-16(13-6-5-7-14(21)12-13)22-19(23-17(15)26)24-8-10-25(11-9-24)20(28)30-4-2/h5-7,12,15-16H,3-4,8-11H2,1-2H3,(H,22,23,26)/t15-,16-/m1/s1. The zero-order chi connectivity index (χ0) is 21.7. The normalized spacial score (nSPS) is 21.6. The molecule has 2 aliphatic rings. The molecule has 1 fully saturated rings. The number of aliphatic imine (C=N–C) groups is 1. The molecule has 0 bridgehead atoms. The van der Waals surface area contributed by atoms with E-state index in [4.69, 9.17) is 21.1 Å². The highest BCUT2D eigenvalue weighted by Gasteiger charge is 2.42. The van der Waals surface area contributed by atoms with E-state index in [9.17, 15) is 14.4 Å². The van der Waals surface area contributed by atoms with E-state index in [0.29, 0.717) is 49.3 Å². The molecule has 1 saturated heterocycles. The molecule has 30 heavy (non-hydrogen) atoms. The van der Waals surface area contributed by atoms with E-state index >= 15 is 0 Å². The number of ether oxygens (including phenoxy) is 2. The molecule has 10 heteroatoms. The highest BCUT2D eigenvalue weighted by molar-refractivity contribution is 6.30. The Kier molecular flexibility index (Phi) is 7.15. The van der Waals surface area contributed by atoms with Gasteiger partial charge in [0.1, 0.15) is 6.04 Å². The second kappa shape index (κ2) is 9.80. The molecule has 1 aromatic carbocycles. The number of hydrogen-bond acceptors (Lipinski definition) is 7. The summed E-state index contributed by atoms with van der Waals surface area (Å²) >= 11 is 6.12. The van der Waals surface area contributed by atoms with Crippen LogP contribution < -0.4 is 5.32 Å². The van der Waals surface area contributed by atoms with Gasteiger partial charge in [-0.1, -0.05) is 23.7 Å². The summed E-state index contributed by atoms with van der Waals surface area (Å²) in [6.07, 6.45) is -0.356. The van der Waals surface area contributed by atoms with Crippen molar-refractivity contribution >= 4 is 35.5 Å². The van der Waals surface area contributed by atoms with Gasteiger partial charge in [-0.05, 0) is 31.5 Å². The van der Waals surface area contributed by atoms with Crippen molar-refractivity contribution in [1.82, 2.24) is 15.1 Å². The molecule has 9 nitrogen and oxygen atoms in total. The van der Waals surface area contributed by atoms with Crippen LogP contribution in [0.25, 0.3) is 0 Å². The Morgan fingerprint density at radius 1 is 1.17 bits per heavy atom. The smallest absolute Gasteiger partial charge is 0.409 e. The largest absolute Gasteiger partial charge is 0.465 e. The maximum atomic E-state index is 12.9. The van der Waals surface area contributed by atoms with Gasteiger partial charge in [0.05, 0.1) is 13.2 Å². The average molecular weight is 437 g/mol. The first-order valence-corrected chi connectivity index (χ1v) is 10.3. The van der Waals surface area contributed by atoms with Crippen molar-refractivity contribution < 1.29 is 23.9 Å². The van der Waals surface area contributed by atoms with Crippen LogP contribution in [0.4, 0.5) is 4.79 Å². The van der Waals surface area contributed by atoms with Crippen molar-refractivity contribution in [3.05, 3.63) is 34.9 Å². The topological polar surface area (TPSA) is 101 Å². The van der Waals surface area contributed by atoms with Gasteiger partial charge in [0.15, 0.2) is 5.92 Å². The first-order valence-electron chi connectivity index (χ1n) is 9.92. The lowest BCUT2D eigenvalue weighted by molar-refractivity contribution is -0.153. The number of nitrogens with zero attached hydrogens (tertiary/aromatic N) is 3. The summed E-state index contributed by atoms with van der Waals surface area (Å²) in [6, 6.07) is 6.18. The highest BCUT2D eigenvalue weighted by atomic mass is 35.5. The lowest BCUT2D eigenvalue weighted by Crippen LogP contribution is -2.58. The maximum Gasteiger partial charge on any atom is 0.409 e. The van der Waals surface area contributed by atoms with E-state index in [1.54, 1.807) is 43.0 Å². The van der Waals surface area contributed by atoms with E-state index in [2.05, 4.69) is 10.3 Å². The number of guanidine groups is 1. The van der Waals surface area contributed by atoms with Crippen molar-refractivity contribution in [2.45, 2.75) is 19.9 Å². The van der Waals surface area contributed by atoms with Crippen LogP contribution in [0.5, 0.6) is 0 Å². The number of esters is 1. The van der Waals surface area contributed by atoms with E-state index in [1.165, 1.54) is 0 Å². The molecule has 2 aliphatic heterocycles. The summed E-state index contributed by atoms with van der Waals surface area (Å²) in [5.41, 5.74) is 0.651. The van der Waals surface area contributed by atoms with Crippen LogP contribution >= 0.6 is 11.6 Å². The van der Waals surface area contributed by atoms with Gasteiger partial charge in [-0.2, -0.15) is 0 Å². The second-order valence-corrected chi connectivity index (χ2v) is 7.28. The van der Waals surface area contributed by atoms with Crippen LogP contribution in [0.2, 0.25) is 5.02 Å². The van der Waals surface area contributed by atoms with Crippen molar-refractivity contribution in [3.8, 4) is 0 Å². The molecule has 1 N–H and O–H groups in total. The summed E-state index contributed by atoms with van der Waals surface area (Å²) in [4.78, 5) is 45.4. The molecule has 0 unspecified atom stereocenters. The van der Waals surface area contributed by atoms with Gasteiger partial charge in [-0.3, -0.25) is 14.9 Å². The summed E-state index contributed by atoms with van der Waals surface area (Å²) in [6.45, 7) is 5.76. The van der Waals surface area contributed by atoms with E-state index in [-0.39, 0.29) is 12.7 Å². The molecular weight excluding hydrogens is 412 g/mol. The van der Waals surface area contributed by atoms with Crippen LogP contribution in [0.1, 0.15) is 25.5 Å². The van der Waals surface area contributed by atoms with Gasteiger partial charge >= 0.3 is 12.1 Å². The third kappa shape index (κ3) is 4.84. The molecule has 3 rings (SSSR count). The number of nitrogens with one attached hydrogen (secondary N) is 1. The summed E-state index contributed by atoms with van der Waals surface area (Å²) < 4.78 is 10.1. The molecule has 2 heterocycles. The van der Waals surface area contributed by atoms with E-state index in [1.807, 2.05) is 4.90 Å². The Labute approximate surface area is 180 Å². The van der Waals surface area contributed by atoms with Crippen LogP contribution in [-0.2, 0) is 19.1 Å². The first-order chi connectivity index (χ1) is 14.4. The molecule has 0 radical (unpaired) electrons. The van der Waals surface area contributed by atoms with Crippen molar-refractivity contribution in [2.75, 3.05) is 39.4 Å². The highest BCUT2D eigenvalue weighted by Crippen LogP contribution is 2.32. The molecule has 0 spiro atoms. The Bertz CT molecular complexity index is 838. The summed E-state index contributed by atoms with van der Waals surface area (Å²) in [5.74, 6) is -1.84. The van der Waals surface area contributed by atoms with Crippen LogP contribution in [0.3, 0.4) is 0 Å². The molecule has 0 saturated carbocycles. The molecule has 162 valence electrons. The molecular formula is C20H25ClN4O5. The fourth-order valence-electron chi connectivity index (χ4n) is 3.47. The zero-order valence-corrected chi connectivity index (χ0v) is 17.7. The van der Waals surface area contributed by atoms with Gasteiger partial charge in [-0.15, -0.1) is 0 Å². The lowest BCUT2D eigenvalue weighted by Gasteiger charge is -2.38. The SMILES string of the molecule is CCOC(=O)[C@H]1C(=O)NC(N2CCN(C(=O)OCC)CC2)=N[C@@H]1c1cccc(Cl)c1. The third-order valence-corrected chi connectivity index (χ3v) is 5.17. The number of piperazine rings is 1. The number of halogens is 1. The van der Waals surface area contributed by atoms with Gasteiger partial charge in [0.2, 0.25) is 11.9 Å². The average Bonchev–Trinajstić information content (AvgIpc) is 2.73. The quantitative estimate of drug-likeness (QED) is 0.570. The predicted molar refractivity (Wildman–Crippen MR) is 110 cm³/mol. The van der Waals surface area contributed by atoms with Gasteiger partial charge in [0, 0.05) is 31.2 Å². The minimum Gasteiger partial charge on any atom is -0.465 e. The number of carbonyl (C=O) groups is 3. The molecule has 2 atom stereocenters. The second-order valence-electron chi connectivity index (χ2n) is 6.84. The summed E-state index contributed by atoms with van der Waals surface area (Å²) in [5, 5.41) is 3.21. The number of carbonyl (C=O) groups excluding carboxylic acids is 3. The number of amides is 2. The molecule has 2 amide bonds. The summed E-state index contributed by atoms with van der Waals surface area (Å²) in [7, 11) is 0. The van der Waals surface area contributed by atoms with Crippen molar-refractivity contribution in [1.29, 1.82) is 0 Å². The monoisotopic (exact) mass is 436 g/mol. The fraction of sp³-hybridized carbons (Fsp3) is 0.500. The van der Waals surface area contributed by atoms with Gasteiger partial charge in [0.25, 0.3) is 0 Å². The van der Waals surface area contributed by atoms with Crippen molar-refractivity contribution in [2.24, 2.45) is 10.9 Å². The van der Waals surface area contributed by atoms with Crippen LogP contribution in [0, 0.1) is 5.92 Å². The van der Waals surface area contributed by atoms with E-state index < -0.39 is 23.8 Å². The minimum absolute atomic E-state index is 0.164. The minimum atomic E-state index is -1.10. The molecule has 0 aromatic heterocycles. The Morgan fingerprint density at radius 2 is 1.87 bits per heavy atom. The third-order valence-electron chi connectivity index (χ3n) is 4.93. The fourth-order valence-corrected chi connectivity index (χ4v) is 3.67. The predicted octanol–water partition coefficient (Wildman–Crippen LogP) is 1.82. The Morgan fingerprint density at radius 3 is 2.50 bits per heavy atom. The maximum absolute atomic E-state index is 12.9. The van der Waals surface area contributed by atoms with Gasteiger partial charge in [-0.25, -0.2) is 9.79 Å². The lowest BCUT2D eigenvalue weighted by atomic mass is 9.91. The van der Waals surface area contributed by atoms with Crippen molar-refractivity contribution in [3.63, 3.8) is 0 Å². The number of rotatable bonds is 4. The van der Waals surface area contributed by atoms with Crippen LogP contribution in [-0.4, -0.2) is 73.1 Å². The Balaban J connectivity index is 1.83. The molecule has 1 aromatic rings.